The Kier molecular flexibility index (Phi) is 6.46. The minimum absolute atomic E-state index is 0.0714. The topological polar surface area (TPSA) is 72.9 Å². The van der Waals surface area contributed by atoms with E-state index in [2.05, 4.69) is 0 Å². The van der Waals surface area contributed by atoms with Gasteiger partial charge in [-0.05, 0) is 31.5 Å². The second-order valence-electron chi connectivity index (χ2n) is 7.86. The van der Waals surface area contributed by atoms with Gasteiger partial charge in [0.05, 0.1) is 7.11 Å². The maximum absolute atomic E-state index is 13.3. The van der Waals surface area contributed by atoms with Crippen molar-refractivity contribution in [1.82, 2.24) is 4.90 Å². The molecule has 0 saturated carbocycles. The van der Waals surface area contributed by atoms with E-state index < -0.39 is 28.0 Å². The number of nitrogens with zero attached hydrogens (tertiary/aromatic N) is 1. The molecular formula is C22H24F3NO5S. The van der Waals surface area contributed by atoms with Crippen molar-refractivity contribution in [2.24, 2.45) is 0 Å². The van der Waals surface area contributed by atoms with E-state index in [-0.39, 0.29) is 27.9 Å². The second-order valence-corrected chi connectivity index (χ2v) is 9.85. The molecule has 1 heterocycles. The number of rotatable bonds is 6. The summed E-state index contributed by atoms with van der Waals surface area (Å²) in [6.45, 7) is 3.44. The molecule has 2 aromatic rings. The van der Waals surface area contributed by atoms with Gasteiger partial charge in [0.1, 0.15) is 16.2 Å². The van der Waals surface area contributed by atoms with Crippen LogP contribution >= 0.6 is 0 Å². The highest BCUT2D eigenvalue weighted by atomic mass is 32.2. The van der Waals surface area contributed by atoms with Crippen LogP contribution in [0.1, 0.15) is 34.3 Å². The van der Waals surface area contributed by atoms with Gasteiger partial charge >= 0.3 is 6.18 Å². The average molecular weight is 471 g/mol. The van der Waals surface area contributed by atoms with Gasteiger partial charge in [-0.15, -0.1) is 0 Å². The molecule has 3 rings (SSSR count). The average Bonchev–Trinajstić information content (AvgIpc) is 2.66. The number of carbonyl (C=O) groups is 1. The van der Waals surface area contributed by atoms with Crippen LogP contribution in [-0.2, 0) is 9.84 Å². The molecule has 1 atom stereocenters. The number of methoxy groups -OCH3 is 1. The smallest absolute Gasteiger partial charge is 0.425 e. The van der Waals surface area contributed by atoms with Crippen LogP contribution < -0.4 is 9.47 Å². The molecule has 6 nitrogen and oxygen atoms in total. The van der Waals surface area contributed by atoms with Crippen molar-refractivity contribution in [2.75, 3.05) is 26.5 Å². The van der Waals surface area contributed by atoms with Crippen molar-refractivity contribution in [2.45, 2.75) is 36.9 Å². The highest BCUT2D eigenvalue weighted by Crippen LogP contribution is 2.39. The van der Waals surface area contributed by atoms with Gasteiger partial charge in [-0.25, -0.2) is 8.42 Å². The molecule has 0 N–H and O–H groups in total. The first-order chi connectivity index (χ1) is 14.8. The Morgan fingerprint density at radius 2 is 1.72 bits per heavy atom. The molecule has 1 aliphatic rings. The van der Waals surface area contributed by atoms with Gasteiger partial charge in [0.2, 0.25) is 0 Å². The number of hydrogen-bond acceptors (Lipinski definition) is 5. The fourth-order valence-corrected chi connectivity index (χ4v) is 4.29. The molecule has 1 aliphatic heterocycles. The molecular weight excluding hydrogens is 447 g/mol. The van der Waals surface area contributed by atoms with Crippen molar-refractivity contribution in [3.8, 4) is 11.5 Å². The van der Waals surface area contributed by atoms with Crippen molar-refractivity contribution in [3.05, 3.63) is 53.1 Å². The number of sulfone groups is 1. The summed E-state index contributed by atoms with van der Waals surface area (Å²) in [5.74, 6) is -1.30. The molecule has 1 fully saturated rings. The Morgan fingerprint density at radius 1 is 1.12 bits per heavy atom. The van der Waals surface area contributed by atoms with E-state index in [1.54, 1.807) is 0 Å². The molecule has 0 spiro atoms. The number of ether oxygens (including phenoxy) is 2. The molecule has 32 heavy (non-hydrogen) atoms. The van der Waals surface area contributed by atoms with Crippen LogP contribution in [0.2, 0.25) is 0 Å². The molecule has 2 aromatic carbocycles. The standard InChI is InChI=1S/C22H24F3NO5S/c1-13-5-7-15(8-6-13)16-11-26(12-16)21(27)19-17(31-14(2)22(23,24)25)9-10-18(20(19)30-3)32(4,28)29/h5-10,14,16H,11-12H2,1-4H3/t14-/m0/s1. The fourth-order valence-electron chi connectivity index (χ4n) is 3.45. The van der Waals surface area contributed by atoms with Gasteiger partial charge in [-0.3, -0.25) is 4.79 Å². The summed E-state index contributed by atoms with van der Waals surface area (Å²) in [6, 6.07) is 9.99. The molecule has 0 unspecified atom stereocenters. The third kappa shape index (κ3) is 4.85. The van der Waals surface area contributed by atoms with Crippen LogP contribution in [0.4, 0.5) is 13.2 Å². The molecule has 174 valence electrons. The van der Waals surface area contributed by atoms with Crippen LogP contribution in [0.15, 0.2) is 41.3 Å². The first-order valence-electron chi connectivity index (χ1n) is 9.83. The fraction of sp³-hybridized carbons (Fsp3) is 0.409. The maximum Gasteiger partial charge on any atom is 0.425 e. The molecule has 1 saturated heterocycles. The first-order valence-corrected chi connectivity index (χ1v) is 11.7. The Labute approximate surface area is 184 Å². The largest absolute Gasteiger partial charge is 0.494 e. The highest BCUT2D eigenvalue weighted by molar-refractivity contribution is 7.90. The predicted molar refractivity (Wildman–Crippen MR) is 112 cm³/mol. The van der Waals surface area contributed by atoms with Gasteiger partial charge in [0.15, 0.2) is 21.7 Å². The van der Waals surface area contributed by atoms with E-state index in [1.807, 2.05) is 31.2 Å². The number of hydrogen-bond donors (Lipinski definition) is 0. The van der Waals surface area contributed by atoms with Crippen LogP contribution in [0, 0.1) is 6.92 Å². The molecule has 0 bridgehead atoms. The first kappa shape index (κ1) is 23.9. The van der Waals surface area contributed by atoms with Crippen molar-refractivity contribution in [1.29, 1.82) is 0 Å². The normalized spacial score (nSPS) is 15.8. The van der Waals surface area contributed by atoms with E-state index in [0.717, 1.165) is 43.5 Å². The van der Waals surface area contributed by atoms with E-state index >= 15 is 0 Å². The Bertz CT molecular complexity index is 1110. The summed E-state index contributed by atoms with van der Waals surface area (Å²) in [5, 5.41) is 0. The number of alkyl halides is 3. The van der Waals surface area contributed by atoms with E-state index in [9.17, 15) is 26.4 Å². The van der Waals surface area contributed by atoms with Crippen LogP contribution in [0.25, 0.3) is 0 Å². The summed E-state index contributed by atoms with van der Waals surface area (Å²) in [6.07, 6.45) is -5.95. The number of aryl methyl sites for hydroxylation is 1. The second kappa shape index (κ2) is 8.65. The summed E-state index contributed by atoms with van der Waals surface area (Å²) >= 11 is 0. The van der Waals surface area contributed by atoms with E-state index in [1.165, 1.54) is 4.90 Å². The lowest BCUT2D eigenvalue weighted by molar-refractivity contribution is -0.189. The Morgan fingerprint density at radius 3 is 2.22 bits per heavy atom. The van der Waals surface area contributed by atoms with Gasteiger partial charge in [-0.2, -0.15) is 13.2 Å². The van der Waals surface area contributed by atoms with Crippen LogP contribution in [0.5, 0.6) is 11.5 Å². The monoisotopic (exact) mass is 471 g/mol. The lowest BCUT2D eigenvalue weighted by Gasteiger charge is -2.40. The van der Waals surface area contributed by atoms with Crippen molar-refractivity contribution >= 4 is 15.7 Å². The molecule has 0 aliphatic carbocycles. The summed E-state index contributed by atoms with van der Waals surface area (Å²) in [7, 11) is -2.67. The van der Waals surface area contributed by atoms with E-state index in [4.69, 9.17) is 9.47 Å². The van der Waals surface area contributed by atoms with Gasteiger partial charge in [-0.1, -0.05) is 29.8 Å². The predicted octanol–water partition coefficient (Wildman–Crippen LogP) is 3.98. The van der Waals surface area contributed by atoms with E-state index in [0.29, 0.717) is 13.1 Å². The lowest BCUT2D eigenvalue weighted by atomic mass is 9.90. The molecule has 1 amide bonds. The SMILES string of the molecule is COc1c(S(C)(=O)=O)ccc(O[C@@H](C)C(F)(F)F)c1C(=O)N1CC(c2ccc(C)cc2)C1. The number of likely N-dealkylation sites (tertiary alicyclic amines) is 1. The molecule has 0 aromatic heterocycles. The third-order valence-corrected chi connectivity index (χ3v) is 6.50. The zero-order chi connectivity index (χ0) is 23.8. The molecule has 10 heteroatoms. The zero-order valence-electron chi connectivity index (χ0n) is 18.1. The number of carbonyl (C=O) groups excluding carboxylic acids is 1. The quantitative estimate of drug-likeness (QED) is 0.637. The molecule has 0 radical (unpaired) electrons. The summed E-state index contributed by atoms with van der Waals surface area (Å²) in [4.78, 5) is 14.4. The summed E-state index contributed by atoms with van der Waals surface area (Å²) in [5.41, 5.74) is 1.80. The van der Waals surface area contributed by atoms with Crippen LogP contribution in [-0.4, -0.2) is 58.0 Å². The Hall–Kier alpha value is -2.75. The lowest BCUT2D eigenvalue weighted by Crippen LogP contribution is -2.48. The zero-order valence-corrected chi connectivity index (χ0v) is 18.9. The minimum atomic E-state index is -4.67. The van der Waals surface area contributed by atoms with Crippen molar-refractivity contribution in [3.63, 3.8) is 0 Å². The number of halogens is 3. The van der Waals surface area contributed by atoms with Gasteiger partial charge in [0.25, 0.3) is 5.91 Å². The minimum Gasteiger partial charge on any atom is -0.494 e. The maximum atomic E-state index is 13.3. The summed E-state index contributed by atoms with van der Waals surface area (Å²) < 4.78 is 73.8. The van der Waals surface area contributed by atoms with Gasteiger partial charge in [0, 0.05) is 25.3 Å². The van der Waals surface area contributed by atoms with Crippen molar-refractivity contribution < 1.29 is 35.9 Å². The van der Waals surface area contributed by atoms with Gasteiger partial charge < -0.3 is 14.4 Å². The number of amides is 1. The van der Waals surface area contributed by atoms with Crippen LogP contribution in [0.3, 0.4) is 0 Å². The Balaban J connectivity index is 1.96. The highest BCUT2D eigenvalue weighted by Gasteiger charge is 2.41. The number of benzene rings is 2. The third-order valence-electron chi connectivity index (χ3n) is 5.38.